The minimum absolute atomic E-state index is 0.294. The molecule has 0 saturated heterocycles. The summed E-state index contributed by atoms with van der Waals surface area (Å²) in [5, 5.41) is 2.94. The maximum atomic E-state index is 11.9. The molecule has 0 fully saturated rings. The average molecular weight is 486 g/mol. The molecule has 3 nitrogen and oxygen atoms in total. The summed E-state index contributed by atoms with van der Waals surface area (Å²) in [5.41, 5.74) is -0.431. The van der Waals surface area contributed by atoms with E-state index in [2.05, 4.69) is 39.1 Å². The van der Waals surface area contributed by atoms with Gasteiger partial charge in [0.1, 0.15) is 0 Å². The number of nitrogens with one attached hydrogen (secondary N) is 1. The number of amides is 1. The third-order valence-corrected chi connectivity index (χ3v) is 11.0. The average Bonchev–Trinajstić information content (AvgIpc) is 2.60. The topological polar surface area (TPSA) is 38.3 Å². The Hall–Kier alpha value is -0.191. The van der Waals surface area contributed by atoms with Crippen molar-refractivity contribution in [2.45, 2.75) is 122 Å². The second kappa shape index (κ2) is 14.8. The van der Waals surface area contributed by atoms with Gasteiger partial charge in [0.2, 0.25) is 0 Å². The molecule has 158 valence electrons. The van der Waals surface area contributed by atoms with Crippen LogP contribution in [0.3, 0.4) is 0 Å². The molecule has 0 atom stereocenters. The van der Waals surface area contributed by atoms with Gasteiger partial charge in [0, 0.05) is 0 Å². The van der Waals surface area contributed by atoms with Gasteiger partial charge in [0.25, 0.3) is 0 Å². The Balaban J connectivity index is 4.87. The fourth-order valence-electron chi connectivity index (χ4n) is 3.34. The molecule has 0 aromatic heterocycles. The van der Waals surface area contributed by atoms with Crippen LogP contribution in [0.15, 0.2) is 9.67 Å². The molecular weight excluding hydrogens is 441 g/mol. The number of carbonyl (C=O) groups excluding carboxylic acids is 1. The number of unbranched alkanes of at least 4 members (excludes halogenated alkanes) is 3. The Kier molecular flexibility index (Phi) is 14.7. The first-order chi connectivity index (χ1) is 12.7. The van der Waals surface area contributed by atoms with Crippen molar-refractivity contribution in [2.24, 2.45) is 0 Å². The van der Waals surface area contributed by atoms with Crippen molar-refractivity contribution < 1.29 is 9.53 Å². The molecule has 0 aromatic carbocycles. The summed E-state index contributed by atoms with van der Waals surface area (Å²) < 4.78 is 7.62. The van der Waals surface area contributed by atoms with Gasteiger partial charge in [-0.05, 0) is 0 Å². The van der Waals surface area contributed by atoms with Crippen molar-refractivity contribution >= 4 is 27.2 Å². The summed E-state index contributed by atoms with van der Waals surface area (Å²) in [4.78, 5) is 11.9. The SMILES string of the molecule is C/C=[C](/CCNC(=O)OC(C)(C)C)[Sn][C](CCCC)(CCCC)CCCC. The summed E-state index contributed by atoms with van der Waals surface area (Å²) in [6, 6.07) is 0. The zero-order chi connectivity index (χ0) is 20.8. The van der Waals surface area contributed by atoms with E-state index in [1.165, 1.54) is 57.8 Å². The van der Waals surface area contributed by atoms with Crippen LogP contribution >= 0.6 is 0 Å². The molecule has 0 aromatic rings. The van der Waals surface area contributed by atoms with Crippen LogP contribution in [0, 0.1) is 0 Å². The van der Waals surface area contributed by atoms with Gasteiger partial charge in [-0.25, -0.2) is 0 Å². The van der Waals surface area contributed by atoms with E-state index >= 15 is 0 Å². The fourth-order valence-corrected chi connectivity index (χ4v) is 8.99. The summed E-state index contributed by atoms with van der Waals surface area (Å²) >= 11 is -0.678. The van der Waals surface area contributed by atoms with E-state index in [1.54, 1.807) is 3.59 Å². The van der Waals surface area contributed by atoms with E-state index in [9.17, 15) is 4.79 Å². The van der Waals surface area contributed by atoms with Crippen molar-refractivity contribution in [3.63, 3.8) is 0 Å². The van der Waals surface area contributed by atoms with E-state index in [0.29, 0.717) is 9.98 Å². The van der Waals surface area contributed by atoms with Crippen molar-refractivity contribution in [3.05, 3.63) is 9.67 Å². The molecule has 0 aliphatic carbocycles. The summed E-state index contributed by atoms with van der Waals surface area (Å²) in [6.07, 6.45) is 15.3. The van der Waals surface area contributed by atoms with Gasteiger partial charge in [-0.1, -0.05) is 0 Å². The second-order valence-corrected chi connectivity index (χ2v) is 14.3. The molecule has 0 rings (SSSR count). The van der Waals surface area contributed by atoms with Crippen LogP contribution in [0.5, 0.6) is 0 Å². The van der Waals surface area contributed by atoms with Crippen LogP contribution in [-0.2, 0) is 4.74 Å². The fraction of sp³-hybridized carbons (Fsp3) is 0.870. The van der Waals surface area contributed by atoms with E-state index < -0.39 is 26.7 Å². The number of rotatable bonds is 14. The molecule has 0 unspecified atom stereocenters. The van der Waals surface area contributed by atoms with Crippen molar-refractivity contribution in [3.8, 4) is 0 Å². The number of alkyl carbamates (subject to hydrolysis) is 1. The Bertz CT molecular complexity index is 405. The number of hydrogen-bond donors (Lipinski definition) is 1. The van der Waals surface area contributed by atoms with Gasteiger partial charge in [-0.3, -0.25) is 0 Å². The molecule has 27 heavy (non-hydrogen) atoms. The van der Waals surface area contributed by atoms with E-state index in [4.69, 9.17) is 4.74 Å². The van der Waals surface area contributed by atoms with Crippen LogP contribution in [0.2, 0.25) is 3.43 Å². The van der Waals surface area contributed by atoms with Gasteiger partial charge in [-0.15, -0.1) is 0 Å². The zero-order valence-electron chi connectivity index (χ0n) is 19.2. The third kappa shape index (κ3) is 13.6. The molecule has 1 N–H and O–H groups in total. The number of hydrogen-bond acceptors (Lipinski definition) is 2. The van der Waals surface area contributed by atoms with Crippen molar-refractivity contribution in [1.29, 1.82) is 0 Å². The predicted molar refractivity (Wildman–Crippen MR) is 120 cm³/mol. The summed E-state index contributed by atoms with van der Waals surface area (Å²) in [6.45, 7) is 15.5. The van der Waals surface area contributed by atoms with Crippen molar-refractivity contribution in [2.75, 3.05) is 6.54 Å². The molecule has 1 amide bonds. The zero-order valence-corrected chi connectivity index (χ0v) is 22.0. The van der Waals surface area contributed by atoms with E-state index in [-0.39, 0.29) is 6.09 Å². The molecule has 0 saturated carbocycles. The molecule has 2 radical (unpaired) electrons. The maximum absolute atomic E-state index is 11.9. The molecule has 4 heteroatoms. The van der Waals surface area contributed by atoms with Gasteiger partial charge < -0.3 is 0 Å². The van der Waals surface area contributed by atoms with Gasteiger partial charge in [0.15, 0.2) is 0 Å². The van der Waals surface area contributed by atoms with Crippen molar-refractivity contribution in [1.82, 2.24) is 5.32 Å². The number of allylic oxidation sites excluding steroid dienone is 1. The number of carbonyl (C=O) groups is 1. The molecule has 0 spiro atoms. The first kappa shape index (κ1) is 26.8. The van der Waals surface area contributed by atoms with Gasteiger partial charge in [-0.2, -0.15) is 0 Å². The van der Waals surface area contributed by atoms with Crippen LogP contribution in [0.1, 0.15) is 113 Å². The second-order valence-electron chi connectivity index (χ2n) is 8.71. The molecule has 0 bridgehead atoms. The quantitative estimate of drug-likeness (QED) is 0.263. The summed E-state index contributed by atoms with van der Waals surface area (Å²) in [7, 11) is 0. The van der Waals surface area contributed by atoms with Crippen LogP contribution in [0.4, 0.5) is 4.79 Å². The Morgan fingerprint density at radius 1 is 0.963 bits per heavy atom. The van der Waals surface area contributed by atoms with Gasteiger partial charge >= 0.3 is 180 Å². The normalized spacial score (nSPS) is 12.9. The predicted octanol–water partition coefficient (Wildman–Crippen LogP) is 7.24. The van der Waals surface area contributed by atoms with E-state index in [1.807, 2.05) is 20.8 Å². The molecule has 0 heterocycles. The van der Waals surface area contributed by atoms with Crippen LogP contribution in [-0.4, -0.2) is 39.4 Å². The Labute approximate surface area is 179 Å². The summed E-state index contributed by atoms with van der Waals surface area (Å²) in [5.74, 6) is 0. The first-order valence-corrected chi connectivity index (χ1v) is 14.0. The van der Waals surface area contributed by atoms with E-state index in [0.717, 1.165) is 6.42 Å². The molecule has 0 aliphatic rings. The van der Waals surface area contributed by atoms with Gasteiger partial charge in [0.05, 0.1) is 0 Å². The standard InChI is InChI=1S/C13H27.C10H18NO2.Sn/c1-4-7-10-13(11-8-5-2)12-9-6-3;1-5-6-7-8-11-9(12)13-10(2,3)4;/h4-12H2,1-3H3;5H,7-8H2,1-4H3,(H,11,12);. The minimum atomic E-state index is -0.678. The molecule has 0 aliphatic heterocycles. The van der Waals surface area contributed by atoms with Crippen LogP contribution < -0.4 is 5.32 Å². The third-order valence-electron chi connectivity index (χ3n) is 4.86. The Morgan fingerprint density at radius 3 is 1.81 bits per heavy atom. The van der Waals surface area contributed by atoms with Crippen LogP contribution in [0.25, 0.3) is 0 Å². The number of ether oxygens (including phenoxy) is 1. The molecular formula is C23H45NO2Sn. The monoisotopic (exact) mass is 487 g/mol. The Morgan fingerprint density at radius 2 is 1.44 bits per heavy atom. The first-order valence-electron chi connectivity index (χ1n) is 11.1.